The van der Waals surface area contributed by atoms with Gasteiger partial charge < -0.3 is 5.32 Å². The van der Waals surface area contributed by atoms with Gasteiger partial charge >= 0.3 is 0 Å². The minimum atomic E-state index is -0.0828. The molecule has 5 heteroatoms. The van der Waals surface area contributed by atoms with E-state index in [4.69, 9.17) is 23.2 Å². The predicted octanol–water partition coefficient (Wildman–Crippen LogP) is 4.86. The molecule has 2 aromatic rings. The number of hydrogen-bond acceptors (Lipinski definition) is 2. The summed E-state index contributed by atoms with van der Waals surface area (Å²) in [7, 11) is 0. The van der Waals surface area contributed by atoms with Gasteiger partial charge in [0, 0.05) is 11.3 Å². The van der Waals surface area contributed by atoms with Gasteiger partial charge in [-0.15, -0.1) is 11.3 Å². The zero-order valence-corrected chi connectivity index (χ0v) is 13.4. The van der Waals surface area contributed by atoms with Crippen molar-refractivity contribution in [2.24, 2.45) is 0 Å². The molecule has 1 aromatic heterocycles. The zero-order chi connectivity index (χ0) is 14.5. The Labute approximate surface area is 132 Å². The summed E-state index contributed by atoms with van der Waals surface area (Å²) >= 11 is 13.5. The Bertz CT molecular complexity index is 584. The van der Waals surface area contributed by atoms with Crippen molar-refractivity contribution >= 4 is 40.4 Å². The van der Waals surface area contributed by atoms with Crippen LogP contribution in [0.5, 0.6) is 0 Å². The van der Waals surface area contributed by atoms with Gasteiger partial charge in [0.2, 0.25) is 5.91 Å². The van der Waals surface area contributed by atoms with Gasteiger partial charge in [-0.25, -0.2) is 0 Å². The highest BCUT2D eigenvalue weighted by atomic mass is 35.5. The first-order valence-electron chi connectivity index (χ1n) is 6.33. The molecule has 1 N–H and O–H groups in total. The van der Waals surface area contributed by atoms with Crippen molar-refractivity contribution in [2.75, 3.05) is 0 Å². The van der Waals surface area contributed by atoms with Crippen LogP contribution in [-0.2, 0) is 11.2 Å². The molecule has 0 aliphatic rings. The average Bonchev–Trinajstić information content (AvgIpc) is 2.92. The number of nitrogens with one attached hydrogen (secondary N) is 1. The highest BCUT2D eigenvalue weighted by molar-refractivity contribution is 7.09. The van der Waals surface area contributed by atoms with E-state index in [1.165, 1.54) is 4.88 Å². The van der Waals surface area contributed by atoms with E-state index in [0.29, 0.717) is 16.5 Å². The maximum atomic E-state index is 11.9. The molecule has 0 unspecified atom stereocenters. The lowest BCUT2D eigenvalue weighted by molar-refractivity contribution is -0.121. The second-order valence-corrected chi connectivity index (χ2v) is 6.39. The zero-order valence-electron chi connectivity index (χ0n) is 11.0. The van der Waals surface area contributed by atoms with E-state index >= 15 is 0 Å². The quantitative estimate of drug-likeness (QED) is 0.834. The lowest BCUT2D eigenvalue weighted by Gasteiger charge is -2.15. The van der Waals surface area contributed by atoms with Gasteiger partial charge in [0.25, 0.3) is 0 Å². The Morgan fingerprint density at radius 3 is 2.75 bits per heavy atom. The lowest BCUT2D eigenvalue weighted by atomic mass is 10.1. The standard InChI is InChI=1S/C15H15Cl2NOS/c1-10(11-4-6-13(16)14(17)9-11)18-15(19)7-5-12-3-2-8-20-12/h2-4,6,8-10H,5,7H2,1H3,(H,18,19)/t10-/m0/s1. The van der Waals surface area contributed by atoms with E-state index < -0.39 is 0 Å². The van der Waals surface area contributed by atoms with E-state index in [2.05, 4.69) is 5.32 Å². The molecular weight excluding hydrogens is 313 g/mol. The van der Waals surface area contributed by atoms with Crippen molar-refractivity contribution in [3.8, 4) is 0 Å². The van der Waals surface area contributed by atoms with Crippen LogP contribution < -0.4 is 5.32 Å². The van der Waals surface area contributed by atoms with Crippen LogP contribution in [0.1, 0.15) is 29.8 Å². The molecule has 0 fully saturated rings. The van der Waals surface area contributed by atoms with Gasteiger partial charge in [-0.1, -0.05) is 35.3 Å². The van der Waals surface area contributed by atoms with Crippen LogP contribution in [0, 0.1) is 0 Å². The van der Waals surface area contributed by atoms with E-state index in [9.17, 15) is 4.79 Å². The highest BCUT2D eigenvalue weighted by Crippen LogP contribution is 2.25. The number of benzene rings is 1. The maximum absolute atomic E-state index is 11.9. The molecule has 2 rings (SSSR count). The first-order valence-corrected chi connectivity index (χ1v) is 7.96. The van der Waals surface area contributed by atoms with Crippen LogP contribution in [0.3, 0.4) is 0 Å². The fourth-order valence-electron chi connectivity index (χ4n) is 1.87. The third-order valence-electron chi connectivity index (χ3n) is 3.00. The number of carbonyl (C=O) groups excluding carboxylic acids is 1. The average molecular weight is 328 g/mol. The van der Waals surface area contributed by atoms with E-state index in [1.54, 1.807) is 23.5 Å². The molecule has 1 amide bonds. The Balaban J connectivity index is 1.88. The summed E-state index contributed by atoms with van der Waals surface area (Å²) in [5.74, 6) is 0.0389. The van der Waals surface area contributed by atoms with Crippen molar-refractivity contribution in [1.29, 1.82) is 0 Å². The van der Waals surface area contributed by atoms with Crippen LogP contribution in [-0.4, -0.2) is 5.91 Å². The second-order valence-electron chi connectivity index (χ2n) is 4.54. The van der Waals surface area contributed by atoms with Crippen LogP contribution in [0.2, 0.25) is 10.0 Å². The third-order valence-corrected chi connectivity index (χ3v) is 4.67. The van der Waals surface area contributed by atoms with Crippen molar-refractivity contribution in [2.45, 2.75) is 25.8 Å². The van der Waals surface area contributed by atoms with Crippen molar-refractivity contribution in [3.05, 3.63) is 56.2 Å². The number of aryl methyl sites for hydroxylation is 1. The molecule has 20 heavy (non-hydrogen) atoms. The molecule has 0 spiro atoms. The van der Waals surface area contributed by atoms with Crippen LogP contribution in [0.4, 0.5) is 0 Å². The minimum Gasteiger partial charge on any atom is -0.350 e. The van der Waals surface area contributed by atoms with Gasteiger partial charge in [0.05, 0.1) is 16.1 Å². The van der Waals surface area contributed by atoms with Gasteiger partial charge in [-0.05, 0) is 42.5 Å². The summed E-state index contributed by atoms with van der Waals surface area (Å²) in [6.45, 7) is 1.93. The van der Waals surface area contributed by atoms with E-state index in [0.717, 1.165) is 12.0 Å². The first kappa shape index (κ1) is 15.4. The number of rotatable bonds is 5. The van der Waals surface area contributed by atoms with Crippen molar-refractivity contribution < 1.29 is 4.79 Å². The largest absolute Gasteiger partial charge is 0.350 e. The monoisotopic (exact) mass is 327 g/mol. The molecular formula is C15H15Cl2NOS. The summed E-state index contributed by atoms with van der Waals surface area (Å²) in [5, 5.41) is 6.01. The summed E-state index contributed by atoms with van der Waals surface area (Å²) in [4.78, 5) is 13.1. The molecule has 0 saturated carbocycles. The van der Waals surface area contributed by atoms with Gasteiger partial charge in [-0.3, -0.25) is 4.79 Å². The molecule has 1 atom stereocenters. The Hall–Kier alpha value is -1.03. The normalized spacial score (nSPS) is 12.2. The Morgan fingerprint density at radius 2 is 2.10 bits per heavy atom. The van der Waals surface area contributed by atoms with Crippen LogP contribution in [0.25, 0.3) is 0 Å². The summed E-state index contributed by atoms with van der Waals surface area (Å²) in [5.41, 5.74) is 0.948. The number of thiophene rings is 1. The second kappa shape index (κ2) is 7.11. The fraction of sp³-hybridized carbons (Fsp3) is 0.267. The van der Waals surface area contributed by atoms with E-state index in [-0.39, 0.29) is 11.9 Å². The molecule has 0 aliphatic heterocycles. The van der Waals surface area contributed by atoms with Gasteiger partial charge in [0.15, 0.2) is 0 Å². The van der Waals surface area contributed by atoms with Crippen LogP contribution in [0.15, 0.2) is 35.7 Å². The molecule has 0 bridgehead atoms. The third kappa shape index (κ3) is 4.23. The molecule has 106 valence electrons. The molecule has 2 nitrogen and oxygen atoms in total. The lowest BCUT2D eigenvalue weighted by Crippen LogP contribution is -2.26. The van der Waals surface area contributed by atoms with Crippen molar-refractivity contribution in [3.63, 3.8) is 0 Å². The fourth-order valence-corrected chi connectivity index (χ4v) is 2.89. The van der Waals surface area contributed by atoms with Crippen molar-refractivity contribution in [1.82, 2.24) is 5.32 Å². The molecule has 0 radical (unpaired) electrons. The smallest absolute Gasteiger partial charge is 0.220 e. The molecule has 0 saturated heterocycles. The van der Waals surface area contributed by atoms with E-state index in [1.807, 2.05) is 30.5 Å². The predicted molar refractivity (Wildman–Crippen MR) is 85.7 cm³/mol. The molecule has 1 heterocycles. The Kier molecular flexibility index (Phi) is 5.46. The summed E-state index contributed by atoms with van der Waals surface area (Å²) < 4.78 is 0. The number of carbonyl (C=O) groups is 1. The van der Waals surface area contributed by atoms with Gasteiger partial charge in [-0.2, -0.15) is 0 Å². The summed E-state index contributed by atoms with van der Waals surface area (Å²) in [6.07, 6.45) is 1.27. The first-order chi connectivity index (χ1) is 9.56. The Morgan fingerprint density at radius 1 is 1.30 bits per heavy atom. The number of amides is 1. The highest BCUT2D eigenvalue weighted by Gasteiger charge is 2.11. The summed E-state index contributed by atoms with van der Waals surface area (Å²) in [6, 6.07) is 9.36. The number of halogens is 2. The molecule has 1 aromatic carbocycles. The van der Waals surface area contributed by atoms with Crippen LogP contribution >= 0.6 is 34.5 Å². The topological polar surface area (TPSA) is 29.1 Å². The SMILES string of the molecule is C[C@H](NC(=O)CCc1cccs1)c1ccc(Cl)c(Cl)c1. The minimum absolute atomic E-state index is 0.0389. The number of hydrogen-bond donors (Lipinski definition) is 1. The molecule has 0 aliphatic carbocycles. The maximum Gasteiger partial charge on any atom is 0.220 e. The van der Waals surface area contributed by atoms with Gasteiger partial charge in [0.1, 0.15) is 0 Å².